The van der Waals surface area contributed by atoms with E-state index in [1.54, 1.807) is 0 Å². The fraction of sp³-hybridized carbons (Fsp3) is 0.250. The Balaban J connectivity index is 2.26. The monoisotopic (exact) mass is 240 g/mol. The van der Waals surface area contributed by atoms with Gasteiger partial charge in [-0.05, 0) is 37.1 Å². The Morgan fingerprint density at radius 2 is 1.72 bits per heavy atom. The summed E-state index contributed by atoms with van der Waals surface area (Å²) in [5.41, 5.74) is 10.5. The van der Waals surface area contributed by atoms with Gasteiger partial charge in [-0.3, -0.25) is 0 Å². The lowest BCUT2D eigenvalue weighted by Crippen LogP contribution is -2.23. The summed E-state index contributed by atoms with van der Waals surface area (Å²) in [6.45, 7) is 6.14. The molecule has 0 atom stereocenters. The van der Waals surface area contributed by atoms with E-state index in [1.165, 1.54) is 11.3 Å². The van der Waals surface area contributed by atoms with Gasteiger partial charge in [0.2, 0.25) is 0 Å². The molecule has 0 aliphatic rings. The highest BCUT2D eigenvalue weighted by Crippen LogP contribution is 2.25. The molecule has 2 heteroatoms. The largest absolute Gasteiger partial charge is 0.398 e. The standard InChI is InChI=1S/C16H20N2/c1-3-18(12-14-8-5-4-6-9-14)16-11-7-10-15(17)13(16)2/h4-11H,3,12,17H2,1-2H3. The highest BCUT2D eigenvalue weighted by Gasteiger charge is 2.09. The highest BCUT2D eigenvalue weighted by atomic mass is 15.1. The Labute approximate surface area is 109 Å². The topological polar surface area (TPSA) is 29.3 Å². The molecule has 18 heavy (non-hydrogen) atoms. The zero-order valence-electron chi connectivity index (χ0n) is 11.1. The van der Waals surface area contributed by atoms with Crippen LogP contribution in [0.5, 0.6) is 0 Å². The molecule has 2 aromatic carbocycles. The number of rotatable bonds is 4. The third kappa shape index (κ3) is 2.65. The average Bonchev–Trinajstić information content (AvgIpc) is 2.41. The van der Waals surface area contributed by atoms with Gasteiger partial charge in [0.25, 0.3) is 0 Å². The van der Waals surface area contributed by atoms with E-state index in [0.29, 0.717) is 0 Å². The Morgan fingerprint density at radius 3 is 2.39 bits per heavy atom. The smallest absolute Gasteiger partial charge is 0.0429 e. The van der Waals surface area contributed by atoms with Crippen molar-refractivity contribution in [2.24, 2.45) is 0 Å². The van der Waals surface area contributed by atoms with Gasteiger partial charge in [0.1, 0.15) is 0 Å². The van der Waals surface area contributed by atoms with Crippen LogP contribution >= 0.6 is 0 Å². The van der Waals surface area contributed by atoms with Crippen LogP contribution in [0.15, 0.2) is 48.5 Å². The van der Waals surface area contributed by atoms with E-state index in [-0.39, 0.29) is 0 Å². The summed E-state index contributed by atoms with van der Waals surface area (Å²) in [5, 5.41) is 0. The van der Waals surface area contributed by atoms with Gasteiger partial charge in [-0.2, -0.15) is 0 Å². The molecule has 0 saturated heterocycles. The fourth-order valence-electron chi connectivity index (χ4n) is 2.15. The maximum absolute atomic E-state index is 5.98. The SMILES string of the molecule is CCN(Cc1ccccc1)c1cccc(N)c1C. The van der Waals surface area contributed by atoms with Gasteiger partial charge in [0.15, 0.2) is 0 Å². The third-order valence-corrected chi connectivity index (χ3v) is 3.29. The first kappa shape index (κ1) is 12.5. The van der Waals surface area contributed by atoms with Crippen molar-refractivity contribution < 1.29 is 0 Å². The predicted octanol–water partition coefficient (Wildman–Crippen LogP) is 3.60. The second kappa shape index (κ2) is 5.58. The summed E-state index contributed by atoms with van der Waals surface area (Å²) in [5.74, 6) is 0. The van der Waals surface area contributed by atoms with Crippen molar-refractivity contribution in [3.8, 4) is 0 Å². The second-order valence-electron chi connectivity index (χ2n) is 4.49. The Bertz CT molecular complexity index is 506. The lowest BCUT2D eigenvalue weighted by Gasteiger charge is -2.25. The molecule has 94 valence electrons. The number of nitrogen functional groups attached to an aromatic ring is 1. The van der Waals surface area contributed by atoms with Gasteiger partial charge in [-0.15, -0.1) is 0 Å². The van der Waals surface area contributed by atoms with Gasteiger partial charge in [0, 0.05) is 24.5 Å². The fourth-order valence-corrected chi connectivity index (χ4v) is 2.15. The van der Waals surface area contributed by atoms with Crippen molar-refractivity contribution >= 4 is 11.4 Å². The van der Waals surface area contributed by atoms with E-state index < -0.39 is 0 Å². The number of nitrogens with zero attached hydrogens (tertiary/aromatic N) is 1. The summed E-state index contributed by atoms with van der Waals surface area (Å²) < 4.78 is 0. The van der Waals surface area contributed by atoms with Crippen LogP contribution in [0, 0.1) is 6.92 Å². The van der Waals surface area contributed by atoms with E-state index in [0.717, 1.165) is 24.3 Å². The number of hydrogen-bond donors (Lipinski definition) is 1. The van der Waals surface area contributed by atoms with Crippen LogP contribution in [-0.2, 0) is 6.54 Å². The van der Waals surface area contributed by atoms with Crippen molar-refractivity contribution in [3.63, 3.8) is 0 Å². The van der Waals surface area contributed by atoms with Crippen LogP contribution in [0.3, 0.4) is 0 Å². The number of nitrogens with two attached hydrogens (primary N) is 1. The van der Waals surface area contributed by atoms with E-state index in [1.807, 2.05) is 18.2 Å². The third-order valence-electron chi connectivity index (χ3n) is 3.29. The number of hydrogen-bond acceptors (Lipinski definition) is 2. The molecule has 2 aromatic rings. The quantitative estimate of drug-likeness (QED) is 0.827. The lowest BCUT2D eigenvalue weighted by molar-refractivity contribution is 0.828. The molecule has 0 aliphatic carbocycles. The molecule has 2 rings (SSSR count). The highest BCUT2D eigenvalue weighted by molar-refractivity contribution is 5.64. The Hall–Kier alpha value is -1.96. The molecule has 0 unspecified atom stereocenters. The van der Waals surface area contributed by atoms with Crippen LogP contribution in [0.4, 0.5) is 11.4 Å². The molecule has 2 N–H and O–H groups in total. The maximum Gasteiger partial charge on any atom is 0.0429 e. The minimum Gasteiger partial charge on any atom is -0.398 e. The lowest BCUT2D eigenvalue weighted by atomic mass is 10.1. The molecular weight excluding hydrogens is 220 g/mol. The van der Waals surface area contributed by atoms with Crippen molar-refractivity contribution in [1.29, 1.82) is 0 Å². The summed E-state index contributed by atoms with van der Waals surface area (Å²) in [4.78, 5) is 2.35. The summed E-state index contributed by atoms with van der Waals surface area (Å²) in [7, 11) is 0. The molecule has 0 radical (unpaired) electrons. The van der Waals surface area contributed by atoms with Gasteiger partial charge in [0.05, 0.1) is 0 Å². The molecule has 0 heterocycles. The summed E-state index contributed by atoms with van der Waals surface area (Å²) in [6.07, 6.45) is 0. The molecule has 0 amide bonds. The van der Waals surface area contributed by atoms with Crippen molar-refractivity contribution in [2.45, 2.75) is 20.4 Å². The zero-order chi connectivity index (χ0) is 13.0. The minimum absolute atomic E-state index is 0.860. The molecule has 0 saturated carbocycles. The molecule has 0 spiro atoms. The Morgan fingerprint density at radius 1 is 1.00 bits per heavy atom. The van der Waals surface area contributed by atoms with Gasteiger partial charge >= 0.3 is 0 Å². The van der Waals surface area contributed by atoms with Crippen LogP contribution in [0.2, 0.25) is 0 Å². The average molecular weight is 240 g/mol. The van der Waals surface area contributed by atoms with E-state index >= 15 is 0 Å². The van der Waals surface area contributed by atoms with E-state index in [9.17, 15) is 0 Å². The molecule has 0 bridgehead atoms. The number of benzene rings is 2. The van der Waals surface area contributed by atoms with Crippen LogP contribution in [-0.4, -0.2) is 6.54 Å². The van der Waals surface area contributed by atoms with E-state index in [4.69, 9.17) is 5.73 Å². The normalized spacial score (nSPS) is 10.3. The van der Waals surface area contributed by atoms with Crippen LogP contribution < -0.4 is 10.6 Å². The van der Waals surface area contributed by atoms with Crippen LogP contribution in [0.1, 0.15) is 18.1 Å². The molecule has 0 aliphatic heterocycles. The first-order valence-corrected chi connectivity index (χ1v) is 6.36. The van der Waals surface area contributed by atoms with Gasteiger partial charge in [-0.1, -0.05) is 36.4 Å². The molecule has 0 fully saturated rings. The predicted molar refractivity (Wildman–Crippen MR) is 78.8 cm³/mol. The molecular formula is C16H20N2. The second-order valence-corrected chi connectivity index (χ2v) is 4.49. The first-order chi connectivity index (χ1) is 8.72. The number of anilines is 2. The summed E-state index contributed by atoms with van der Waals surface area (Å²) >= 11 is 0. The zero-order valence-corrected chi connectivity index (χ0v) is 11.1. The van der Waals surface area contributed by atoms with Crippen molar-refractivity contribution in [2.75, 3.05) is 17.2 Å². The molecule has 0 aromatic heterocycles. The summed E-state index contributed by atoms with van der Waals surface area (Å²) in [6, 6.07) is 16.6. The van der Waals surface area contributed by atoms with Crippen molar-refractivity contribution in [3.05, 3.63) is 59.7 Å². The van der Waals surface area contributed by atoms with Gasteiger partial charge < -0.3 is 10.6 Å². The van der Waals surface area contributed by atoms with E-state index in [2.05, 4.69) is 49.1 Å². The molecule has 2 nitrogen and oxygen atoms in total. The van der Waals surface area contributed by atoms with Crippen LogP contribution in [0.25, 0.3) is 0 Å². The Kier molecular flexibility index (Phi) is 3.88. The minimum atomic E-state index is 0.860. The maximum atomic E-state index is 5.98. The first-order valence-electron chi connectivity index (χ1n) is 6.36. The van der Waals surface area contributed by atoms with Gasteiger partial charge in [-0.25, -0.2) is 0 Å². The van der Waals surface area contributed by atoms with Crippen molar-refractivity contribution in [1.82, 2.24) is 0 Å².